The Labute approximate surface area is 122 Å². The van der Waals surface area contributed by atoms with Gasteiger partial charge in [-0.05, 0) is 38.5 Å². The molecule has 0 amide bonds. The average Bonchev–Trinajstić information content (AvgIpc) is 2.43. The molecule has 1 heterocycles. The van der Waals surface area contributed by atoms with Crippen molar-refractivity contribution in [3.8, 4) is 11.8 Å². The van der Waals surface area contributed by atoms with Gasteiger partial charge in [-0.25, -0.2) is 0 Å². The van der Waals surface area contributed by atoms with Gasteiger partial charge >= 0.3 is 0 Å². The van der Waals surface area contributed by atoms with E-state index >= 15 is 0 Å². The molecular weight excluding hydrogens is 242 g/mol. The molecule has 0 bridgehead atoms. The smallest absolute Gasteiger partial charge is 0.0530 e. The fourth-order valence-corrected chi connectivity index (χ4v) is 2.39. The molecule has 0 unspecified atom stereocenters. The van der Waals surface area contributed by atoms with Crippen LogP contribution in [-0.4, -0.2) is 12.6 Å². The molecule has 1 aliphatic heterocycles. The van der Waals surface area contributed by atoms with Gasteiger partial charge in [-0.15, -0.1) is 0 Å². The lowest BCUT2D eigenvalue weighted by molar-refractivity contribution is 0.714. The Bertz CT molecular complexity index is 621. The molecular formula is C19H21N. The van der Waals surface area contributed by atoms with Gasteiger partial charge in [-0.1, -0.05) is 48.8 Å². The van der Waals surface area contributed by atoms with E-state index in [2.05, 4.69) is 67.5 Å². The quantitative estimate of drug-likeness (QED) is 0.734. The highest BCUT2D eigenvalue weighted by molar-refractivity contribution is 5.66. The lowest BCUT2D eigenvalue weighted by Crippen LogP contribution is -2.33. The molecule has 20 heavy (non-hydrogen) atoms. The maximum atomic E-state index is 3.90. The minimum absolute atomic E-state index is 0.419. The lowest BCUT2D eigenvalue weighted by atomic mass is 10.0. The van der Waals surface area contributed by atoms with Crippen molar-refractivity contribution in [2.45, 2.75) is 26.8 Å². The van der Waals surface area contributed by atoms with Crippen LogP contribution in [0.3, 0.4) is 0 Å². The van der Waals surface area contributed by atoms with E-state index in [1.807, 2.05) is 19.1 Å². The first-order valence-corrected chi connectivity index (χ1v) is 7.03. The molecule has 1 aromatic rings. The van der Waals surface area contributed by atoms with Crippen LogP contribution in [0.25, 0.3) is 0 Å². The molecule has 0 atom stereocenters. The zero-order valence-electron chi connectivity index (χ0n) is 12.5. The summed E-state index contributed by atoms with van der Waals surface area (Å²) in [5.74, 6) is 6.54. The Morgan fingerprint density at radius 3 is 2.65 bits per heavy atom. The summed E-state index contributed by atoms with van der Waals surface area (Å²) < 4.78 is 0. The second-order valence-corrected chi connectivity index (χ2v) is 5.13. The van der Waals surface area contributed by atoms with E-state index in [9.17, 15) is 0 Å². The summed E-state index contributed by atoms with van der Waals surface area (Å²) in [6.07, 6.45) is 6.05. The van der Waals surface area contributed by atoms with Crippen molar-refractivity contribution in [2.24, 2.45) is 0 Å². The normalized spacial score (nSPS) is 18.3. The summed E-state index contributed by atoms with van der Waals surface area (Å²) in [5, 5.41) is 0. The van der Waals surface area contributed by atoms with Gasteiger partial charge in [0.1, 0.15) is 0 Å². The van der Waals surface area contributed by atoms with Gasteiger partial charge in [0.15, 0.2) is 0 Å². The van der Waals surface area contributed by atoms with Gasteiger partial charge < -0.3 is 4.90 Å². The number of fused-ring (bicyclic) bond motifs is 1. The fourth-order valence-electron chi connectivity index (χ4n) is 2.39. The summed E-state index contributed by atoms with van der Waals surface area (Å²) in [5.41, 5.74) is 4.53. The molecule has 1 nitrogen and oxygen atoms in total. The summed E-state index contributed by atoms with van der Waals surface area (Å²) in [4.78, 5) is 2.39. The van der Waals surface area contributed by atoms with Gasteiger partial charge in [0.2, 0.25) is 0 Å². The molecule has 1 aliphatic rings. The van der Waals surface area contributed by atoms with Crippen molar-refractivity contribution in [1.29, 1.82) is 0 Å². The lowest BCUT2D eigenvalue weighted by Gasteiger charge is -2.31. The van der Waals surface area contributed by atoms with E-state index in [-0.39, 0.29) is 0 Å². The third kappa shape index (κ3) is 2.86. The Kier molecular flexibility index (Phi) is 4.48. The first kappa shape index (κ1) is 14.2. The predicted molar refractivity (Wildman–Crippen MR) is 87.8 cm³/mol. The van der Waals surface area contributed by atoms with E-state index in [4.69, 9.17) is 0 Å². The standard InChI is InChI=1S/C19H21N/c1-5-9-18-14-20(15(3)4)19-11-8-7-10-17(19)13-12-16(18)6-2/h5-11,15H,2,14H2,1,3-4H3/b9-5-,18-16-. The first-order valence-electron chi connectivity index (χ1n) is 7.03. The highest BCUT2D eigenvalue weighted by Gasteiger charge is 2.17. The van der Waals surface area contributed by atoms with Crippen LogP contribution >= 0.6 is 0 Å². The molecule has 1 aromatic carbocycles. The van der Waals surface area contributed by atoms with Gasteiger partial charge in [0.25, 0.3) is 0 Å². The van der Waals surface area contributed by atoms with Crippen LogP contribution in [0.2, 0.25) is 0 Å². The maximum absolute atomic E-state index is 3.90. The summed E-state index contributed by atoms with van der Waals surface area (Å²) >= 11 is 0. The number of para-hydroxylation sites is 1. The number of nitrogens with zero attached hydrogens (tertiary/aromatic N) is 1. The highest BCUT2D eigenvalue weighted by Crippen LogP contribution is 2.26. The number of allylic oxidation sites excluding steroid dienone is 3. The Morgan fingerprint density at radius 2 is 2.00 bits per heavy atom. The molecule has 0 saturated carbocycles. The molecule has 0 fully saturated rings. The molecule has 0 radical (unpaired) electrons. The maximum Gasteiger partial charge on any atom is 0.0530 e. The van der Waals surface area contributed by atoms with Crippen molar-refractivity contribution >= 4 is 5.69 Å². The third-order valence-corrected chi connectivity index (χ3v) is 3.43. The van der Waals surface area contributed by atoms with Crippen LogP contribution < -0.4 is 4.90 Å². The van der Waals surface area contributed by atoms with E-state index in [1.54, 1.807) is 0 Å². The van der Waals surface area contributed by atoms with Gasteiger partial charge in [0.05, 0.1) is 5.69 Å². The van der Waals surface area contributed by atoms with Crippen molar-refractivity contribution in [1.82, 2.24) is 0 Å². The van der Waals surface area contributed by atoms with Crippen molar-refractivity contribution in [3.63, 3.8) is 0 Å². The zero-order valence-corrected chi connectivity index (χ0v) is 12.5. The van der Waals surface area contributed by atoms with E-state index in [0.29, 0.717) is 6.04 Å². The van der Waals surface area contributed by atoms with Gasteiger partial charge in [0, 0.05) is 23.7 Å². The van der Waals surface area contributed by atoms with Crippen molar-refractivity contribution in [3.05, 3.63) is 65.8 Å². The summed E-state index contributed by atoms with van der Waals surface area (Å²) in [7, 11) is 0. The van der Waals surface area contributed by atoms with Gasteiger partial charge in [-0.2, -0.15) is 0 Å². The number of anilines is 1. The van der Waals surface area contributed by atoms with Crippen LogP contribution in [0.5, 0.6) is 0 Å². The van der Waals surface area contributed by atoms with E-state index < -0.39 is 0 Å². The topological polar surface area (TPSA) is 3.24 Å². The number of rotatable bonds is 3. The first-order chi connectivity index (χ1) is 9.67. The number of hydrogen-bond acceptors (Lipinski definition) is 1. The van der Waals surface area contributed by atoms with Crippen LogP contribution in [0, 0.1) is 11.8 Å². The highest BCUT2D eigenvalue weighted by atomic mass is 15.2. The number of benzene rings is 1. The largest absolute Gasteiger partial charge is 0.364 e. The monoisotopic (exact) mass is 263 g/mol. The minimum Gasteiger partial charge on any atom is -0.364 e. The molecule has 1 heteroatoms. The second kappa shape index (κ2) is 6.30. The third-order valence-electron chi connectivity index (χ3n) is 3.43. The van der Waals surface area contributed by atoms with E-state index in [1.165, 1.54) is 11.3 Å². The van der Waals surface area contributed by atoms with E-state index in [0.717, 1.165) is 17.7 Å². The van der Waals surface area contributed by atoms with Gasteiger partial charge in [-0.3, -0.25) is 0 Å². The fraction of sp³-hybridized carbons (Fsp3) is 0.263. The summed E-state index contributed by atoms with van der Waals surface area (Å²) in [6.45, 7) is 11.2. The summed E-state index contributed by atoms with van der Waals surface area (Å²) in [6, 6.07) is 8.76. The molecule has 2 rings (SSSR count). The second-order valence-electron chi connectivity index (χ2n) is 5.13. The zero-order chi connectivity index (χ0) is 14.5. The van der Waals surface area contributed by atoms with Crippen LogP contribution in [0.1, 0.15) is 26.3 Å². The van der Waals surface area contributed by atoms with Crippen LogP contribution in [-0.2, 0) is 0 Å². The molecule has 0 aliphatic carbocycles. The Balaban J connectivity index is 2.63. The predicted octanol–water partition coefficient (Wildman–Crippen LogP) is 4.33. The molecule has 102 valence electrons. The Hall–Kier alpha value is -2.20. The number of hydrogen-bond donors (Lipinski definition) is 0. The molecule has 0 N–H and O–H groups in total. The SMILES string of the molecule is C=C/C1=C(\C=C/C)CN(C(C)C)c2ccccc2C#C1. The molecule has 0 aromatic heterocycles. The average molecular weight is 263 g/mol. The van der Waals surface area contributed by atoms with Crippen molar-refractivity contribution in [2.75, 3.05) is 11.4 Å². The van der Waals surface area contributed by atoms with Crippen LogP contribution in [0.4, 0.5) is 5.69 Å². The Morgan fingerprint density at radius 1 is 1.25 bits per heavy atom. The molecule has 0 spiro atoms. The molecule has 0 saturated heterocycles. The minimum atomic E-state index is 0.419. The van der Waals surface area contributed by atoms with Crippen molar-refractivity contribution < 1.29 is 0 Å². The van der Waals surface area contributed by atoms with Crippen LogP contribution in [0.15, 0.2) is 60.2 Å².